The number of nitrogens with two attached hydrogens (primary N) is 1. The number of nitrogen functional groups attached to an aromatic ring is 1. The minimum Gasteiger partial charge on any atom is -0.398 e. The molecule has 1 heterocycles. The number of hydrogen-bond acceptors (Lipinski definition) is 2. The highest BCUT2D eigenvalue weighted by atomic mass is 79.9. The van der Waals surface area contributed by atoms with Gasteiger partial charge in [0, 0.05) is 16.7 Å². The molecule has 0 aliphatic carbocycles. The van der Waals surface area contributed by atoms with Gasteiger partial charge in [0.15, 0.2) is 0 Å². The van der Waals surface area contributed by atoms with E-state index in [4.69, 9.17) is 5.73 Å². The SMILES string of the molecule is CN1CCCC(Cc2cccc(Br)c2N)C1. The molecule has 1 aliphatic rings. The van der Waals surface area contributed by atoms with E-state index < -0.39 is 0 Å². The normalized spacial score (nSPS) is 22.2. The zero-order valence-electron chi connectivity index (χ0n) is 9.75. The van der Waals surface area contributed by atoms with E-state index in [2.05, 4.69) is 40.0 Å². The molecule has 1 atom stereocenters. The Balaban J connectivity index is 2.05. The summed E-state index contributed by atoms with van der Waals surface area (Å²) in [5, 5.41) is 0. The molecule has 2 rings (SSSR count). The average molecular weight is 283 g/mol. The smallest absolute Gasteiger partial charge is 0.0491 e. The Hall–Kier alpha value is -0.540. The van der Waals surface area contributed by atoms with Gasteiger partial charge in [-0.15, -0.1) is 0 Å². The predicted molar refractivity (Wildman–Crippen MR) is 72.5 cm³/mol. The molecule has 1 aromatic carbocycles. The standard InChI is InChI=1S/C13H19BrN2/c1-16-7-3-4-10(9-16)8-11-5-2-6-12(14)13(11)15/h2,5-6,10H,3-4,7-9,15H2,1H3. The van der Waals surface area contributed by atoms with Crippen LogP contribution in [0.5, 0.6) is 0 Å². The number of nitrogens with zero attached hydrogens (tertiary/aromatic N) is 1. The maximum Gasteiger partial charge on any atom is 0.0491 e. The summed E-state index contributed by atoms with van der Waals surface area (Å²) in [5.74, 6) is 0.760. The highest BCUT2D eigenvalue weighted by Gasteiger charge is 2.18. The Labute approximate surface area is 106 Å². The van der Waals surface area contributed by atoms with Gasteiger partial charge in [-0.2, -0.15) is 0 Å². The van der Waals surface area contributed by atoms with Crippen LogP contribution in [-0.4, -0.2) is 25.0 Å². The van der Waals surface area contributed by atoms with E-state index in [1.54, 1.807) is 0 Å². The van der Waals surface area contributed by atoms with Gasteiger partial charge >= 0.3 is 0 Å². The molecule has 2 nitrogen and oxygen atoms in total. The molecule has 0 bridgehead atoms. The molecule has 88 valence electrons. The highest BCUT2D eigenvalue weighted by Crippen LogP contribution is 2.27. The van der Waals surface area contributed by atoms with Crippen molar-refractivity contribution in [2.45, 2.75) is 19.3 Å². The van der Waals surface area contributed by atoms with E-state index in [9.17, 15) is 0 Å². The maximum absolute atomic E-state index is 6.07. The summed E-state index contributed by atoms with van der Waals surface area (Å²) in [6, 6.07) is 6.23. The molecule has 1 unspecified atom stereocenters. The molecular weight excluding hydrogens is 264 g/mol. The van der Waals surface area contributed by atoms with Crippen LogP contribution in [0.2, 0.25) is 0 Å². The number of anilines is 1. The lowest BCUT2D eigenvalue weighted by molar-refractivity contribution is 0.209. The van der Waals surface area contributed by atoms with Gasteiger partial charge in [0.2, 0.25) is 0 Å². The van der Waals surface area contributed by atoms with Crippen LogP contribution in [0.3, 0.4) is 0 Å². The number of para-hydroxylation sites is 1. The summed E-state index contributed by atoms with van der Waals surface area (Å²) in [6.45, 7) is 2.44. The van der Waals surface area contributed by atoms with Gasteiger partial charge in [0.1, 0.15) is 0 Å². The maximum atomic E-state index is 6.07. The minimum absolute atomic E-state index is 0.760. The second kappa shape index (κ2) is 5.19. The molecule has 0 amide bonds. The van der Waals surface area contributed by atoms with Crippen molar-refractivity contribution in [3.63, 3.8) is 0 Å². The molecule has 3 heteroatoms. The number of hydrogen-bond donors (Lipinski definition) is 1. The Bertz CT molecular complexity index is 365. The Kier molecular flexibility index (Phi) is 3.87. The van der Waals surface area contributed by atoms with Crippen molar-refractivity contribution in [1.29, 1.82) is 0 Å². The van der Waals surface area contributed by atoms with Gasteiger partial charge < -0.3 is 10.6 Å². The third-order valence-electron chi connectivity index (χ3n) is 3.37. The van der Waals surface area contributed by atoms with Crippen molar-refractivity contribution >= 4 is 21.6 Å². The van der Waals surface area contributed by atoms with Crippen molar-refractivity contribution < 1.29 is 0 Å². The molecule has 1 saturated heterocycles. The lowest BCUT2D eigenvalue weighted by Crippen LogP contribution is -2.33. The molecule has 0 radical (unpaired) electrons. The first-order chi connectivity index (χ1) is 7.66. The summed E-state index contributed by atoms with van der Waals surface area (Å²) in [7, 11) is 2.20. The lowest BCUT2D eigenvalue weighted by atomic mass is 9.91. The van der Waals surface area contributed by atoms with Crippen molar-refractivity contribution in [3.8, 4) is 0 Å². The molecule has 2 N–H and O–H groups in total. The van der Waals surface area contributed by atoms with Crippen LogP contribution in [0, 0.1) is 5.92 Å². The van der Waals surface area contributed by atoms with Gasteiger partial charge in [-0.25, -0.2) is 0 Å². The van der Waals surface area contributed by atoms with E-state index in [0.29, 0.717) is 0 Å². The van der Waals surface area contributed by atoms with Crippen LogP contribution in [-0.2, 0) is 6.42 Å². The zero-order valence-corrected chi connectivity index (χ0v) is 11.3. The van der Waals surface area contributed by atoms with Gasteiger partial charge in [0.05, 0.1) is 0 Å². The number of halogens is 1. The third kappa shape index (κ3) is 2.77. The second-order valence-corrected chi connectivity index (χ2v) is 5.64. The Morgan fingerprint density at radius 3 is 3.06 bits per heavy atom. The monoisotopic (exact) mass is 282 g/mol. The van der Waals surface area contributed by atoms with E-state index in [1.165, 1.54) is 31.5 Å². The summed E-state index contributed by atoms with van der Waals surface area (Å²) < 4.78 is 1.02. The number of rotatable bonds is 2. The van der Waals surface area contributed by atoms with Crippen molar-refractivity contribution in [1.82, 2.24) is 4.90 Å². The summed E-state index contributed by atoms with van der Waals surface area (Å²) in [6.07, 6.45) is 3.75. The van der Waals surface area contributed by atoms with E-state index in [-0.39, 0.29) is 0 Å². The number of likely N-dealkylation sites (tertiary alicyclic amines) is 1. The first-order valence-electron chi connectivity index (χ1n) is 5.88. The minimum atomic E-state index is 0.760. The van der Waals surface area contributed by atoms with Gasteiger partial charge in [0.25, 0.3) is 0 Å². The van der Waals surface area contributed by atoms with Crippen LogP contribution in [0.25, 0.3) is 0 Å². The van der Waals surface area contributed by atoms with E-state index in [1.807, 2.05) is 6.07 Å². The van der Waals surface area contributed by atoms with Crippen LogP contribution < -0.4 is 5.73 Å². The van der Waals surface area contributed by atoms with Crippen LogP contribution in [0.15, 0.2) is 22.7 Å². The van der Waals surface area contributed by atoms with E-state index in [0.717, 1.165) is 22.5 Å². The fourth-order valence-corrected chi connectivity index (χ4v) is 2.92. The predicted octanol–water partition coefficient (Wildman–Crippen LogP) is 2.92. The van der Waals surface area contributed by atoms with E-state index >= 15 is 0 Å². The first-order valence-corrected chi connectivity index (χ1v) is 6.67. The fourth-order valence-electron chi connectivity index (χ4n) is 2.51. The lowest BCUT2D eigenvalue weighted by Gasteiger charge is -2.30. The molecular formula is C13H19BrN2. The van der Waals surface area contributed by atoms with Crippen molar-refractivity contribution in [3.05, 3.63) is 28.2 Å². The summed E-state index contributed by atoms with van der Waals surface area (Å²) in [5.41, 5.74) is 8.27. The molecule has 1 fully saturated rings. The van der Waals surface area contributed by atoms with Crippen molar-refractivity contribution in [2.75, 3.05) is 25.9 Å². The Morgan fingerprint density at radius 2 is 2.31 bits per heavy atom. The topological polar surface area (TPSA) is 29.3 Å². The molecule has 0 saturated carbocycles. The third-order valence-corrected chi connectivity index (χ3v) is 4.07. The van der Waals surface area contributed by atoms with Gasteiger partial charge in [-0.1, -0.05) is 12.1 Å². The van der Waals surface area contributed by atoms with Gasteiger partial charge in [-0.05, 0) is 66.3 Å². The summed E-state index contributed by atoms with van der Waals surface area (Å²) >= 11 is 3.49. The molecule has 1 aromatic rings. The zero-order chi connectivity index (χ0) is 11.5. The van der Waals surface area contributed by atoms with Crippen molar-refractivity contribution in [2.24, 2.45) is 5.92 Å². The quantitative estimate of drug-likeness (QED) is 0.846. The fraction of sp³-hybridized carbons (Fsp3) is 0.538. The first kappa shape index (κ1) is 11.9. The summed E-state index contributed by atoms with van der Waals surface area (Å²) in [4.78, 5) is 2.42. The van der Waals surface area contributed by atoms with Crippen LogP contribution in [0.1, 0.15) is 18.4 Å². The van der Waals surface area contributed by atoms with Crippen LogP contribution in [0.4, 0.5) is 5.69 Å². The molecule has 0 aromatic heterocycles. The van der Waals surface area contributed by atoms with Gasteiger partial charge in [-0.3, -0.25) is 0 Å². The average Bonchev–Trinajstić information content (AvgIpc) is 2.25. The second-order valence-electron chi connectivity index (χ2n) is 4.79. The molecule has 16 heavy (non-hydrogen) atoms. The largest absolute Gasteiger partial charge is 0.398 e. The number of piperidine rings is 1. The Morgan fingerprint density at radius 1 is 1.50 bits per heavy atom. The number of benzene rings is 1. The molecule has 1 aliphatic heterocycles. The highest BCUT2D eigenvalue weighted by molar-refractivity contribution is 9.10. The van der Waals surface area contributed by atoms with Crippen LogP contribution >= 0.6 is 15.9 Å². The molecule has 0 spiro atoms.